The first-order chi connectivity index (χ1) is 10.9. The number of hydrogen-bond acceptors (Lipinski definition) is 5. The lowest BCUT2D eigenvalue weighted by Gasteiger charge is -2.16. The van der Waals surface area contributed by atoms with Gasteiger partial charge in [0.25, 0.3) is 5.91 Å². The Morgan fingerprint density at radius 2 is 2.22 bits per heavy atom. The predicted octanol–water partition coefficient (Wildman–Crippen LogP) is 1.19. The van der Waals surface area contributed by atoms with Crippen molar-refractivity contribution in [3.05, 3.63) is 41.9 Å². The number of aromatic nitrogens is 1. The van der Waals surface area contributed by atoms with Crippen molar-refractivity contribution in [2.24, 2.45) is 5.92 Å². The normalized spacial score (nSPS) is 12.3. The molecule has 0 spiro atoms. The van der Waals surface area contributed by atoms with Gasteiger partial charge in [0.15, 0.2) is 0 Å². The zero-order valence-corrected chi connectivity index (χ0v) is 13.1. The number of rotatable bonds is 8. The summed E-state index contributed by atoms with van der Waals surface area (Å²) in [5.41, 5.74) is 0.716. The molecule has 0 saturated heterocycles. The van der Waals surface area contributed by atoms with Gasteiger partial charge in [0.05, 0.1) is 0 Å². The van der Waals surface area contributed by atoms with Crippen molar-refractivity contribution in [2.75, 3.05) is 0 Å². The van der Waals surface area contributed by atoms with Gasteiger partial charge >= 0.3 is 5.97 Å². The highest BCUT2D eigenvalue weighted by molar-refractivity contribution is 5.99. The van der Waals surface area contributed by atoms with Crippen molar-refractivity contribution in [3.63, 3.8) is 0 Å². The first kappa shape index (κ1) is 18.2. The lowest BCUT2D eigenvalue weighted by Crippen LogP contribution is -2.42. The van der Waals surface area contributed by atoms with Crippen LogP contribution in [-0.2, 0) is 16.1 Å². The van der Waals surface area contributed by atoms with E-state index >= 15 is 0 Å². The molecule has 3 N–H and O–H groups in total. The predicted molar refractivity (Wildman–Crippen MR) is 83.8 cm³/mol. The molecule has 0 aliphatic carbocycles. The summed E-state index contributed by atoms with van der Waals surface area (Å²) in [5.74, 6) is -1.72. The van der Waals surface area contributed by atoms with Crippen LogP contribution in [0.1, 0.15) is 25.8 Å². The summed E-state index contributed by atoms with van der Waals surface area (Å²) in [6.45, 7) is 4.12. The van der Waals surface area contributed by atoms with Crippen LogP contribution >= 0.6 is 0 Å². The maximum atomic E-state index is 12.0. The molecule has 1 atom stereocenters. The molecule has 0 aromatic carbocycles. The average Bonchev–Trinajstić information content (AvgIpc) is 2.51. The van der Waals surface area contributed by atoms with Crippen LogP contribution in [-0.4, -0.2) is 28.0 Å². The molecule has 7 nitrogen and oxygen atoms in total. The van der Waals surface area contributed by atoms with Crippen LogP contribution in [0.15, 0.2) is 36.3 Å². The van der Waals surface area contributed by atoms with Gasteiger partial charge in [-0.3, -0.25) is 9.78 Å². The van der Waals surface area contributed by atoms with Crippen molar-refractivity contribution >= 4 is 11.9 Å². The molecule has 122 valence electrons. The summed E-state index contributed by atoms with van der Waals surface area (Å²) in [6.07, 6.45) is 4.88. The van der Waals surface area contributed by atoms with E-state index in [1.807, 2.05) is 19.9 Å². The highest BCUT2D eigenvalue weighted by atomic mass is 16.4. The minimum atomic E-state index is -1.12. The Balaban J connectivity index is 2.64. The van der Waals surface area contributed by atoms with Gasteiger partial charge in [0.2, 0.25) is 0 Å². The molecule has 0 fully saturated rings. The van der Waals surface area contributed by atoms with Crippen molar-refractivity contribution in [3.8, 4) is 6.07 Å². The molecule has 0 radical (unpaired) electrons. The van der Waals surface area contributed by atoms with Crippen LogP contribution in [0.25, 0.3) is 0 Å². The smallest absolute Gasteiger partial charge is 0.326 e. The van der Waals surface area contributed by atoms with Gasteiger partial charge in [-0.05, 0) is 24.0 Å². The number of amides is 1. The summed E-state index contributed by atoms with van der Waals surface area (Å²) in [5, 5.41) is 23.4. The number of nitriles is 1. The summed E-state index contributed by atoms with van der Waals surface area (Å²) in [7, 11) is 0. The molecule has 1 amide bonds. The molecule has 1 aromatic rings. The van der Waals surface area contributed by atoms with E-state index in [1.54, 1.807) is 24.5 Å². The van der Waals surface area contributed by atoms with Gasteiger partial charge in [-0.25, -0.2) is 4.79 Å². The summed E-state index contributed by atoms with van der Waals surface area (Å²) in [6, 6.07) is 4.38. The molecular formula is C16H20N4O3. The molecule has 1 aromatic heterocycles. The number of nitrogens with one attached hydrogen (secondary N) is 2. The molecule has 0 aliphatic heterocycles. The van der Waals surface area contributed by atoms with Gasteiger partial charge in [-0.1, -0.05) is 19.9 Å². The van der Waals surface area contributed by atoms with Gasteiger partial charge in [-0.2, -0.15) is 5.26 Å². The number of carboxylic acid groups (broad SMARTS) is 1. The van der Waals surface area contributed by atoms with Gasteiger partial charge in [0, 0.05) is 25.1 Å². The number of nitrogens with zero attached hydrogens (tertiary/aromatic N) is 2. The van der Waals surface area contributed by atoms with Crippen LogP contribution < -0.4 is 10.6 Å². The third-order valence-electron chi connectivity index (χ3n) is 2.95. The molecule has 23 heavy (non-hydrogen) atoms. The highest BCUT2D eigenvalue weighted by Gasteiger charge is 2.22. The Morgan fingerprint density at radius 1 is 1.48 bits per heavy atom. The van der Waals surface area contributed by atoms with E-state index < -0.39 is 17.9 Å². The maximum Gasteiger partial charge on any atom is 0.326 e. The van der Waals surface area contributed by atoms with Crippen molar-refractivity contribution in [1.82, 2.24) is 15.6 Å². The monoisotopic (exact) mass is 316 g/mol. The van der Waals surface area contributed by atoms with Crippen LogP contribution in [0.5, 0.6) is 0 Å². The summed E-state index contributed by atoms with van der Waals surface area (Å²) >= 11 is 0. The molecule has 0 bridgehead atoms. The second-order valence-electron chi connectivity index (χ2n) is 5.41. The number of carbonyl (C=O) groups excluding carboxylic acids is 1. The van der Waals surface area contributed by atoms with Gasteiger partial charge in [0.1, 0.15) is 17.7 Å². The number of carbonyl (C=O) groups is 2. The van der Waals surface area contributed by atoms with Crippen molar-refractivity contribution in [2.45, 2.75) is 32.9 Å². The topological polar surface area (TPSA) is 115 Å². The number of pyridine rings is 1. The highest BCUT2D eigenvalue weighted by Crippen LogP contribution is 2.06. The quantitative estimate of drug-likeness (QED) is 0.490. The number of aliphatic carboxylic acids is 1. The van der Waals surface area contributed by atoms with Crippen LogP contribution in [0.2, 0.25) is 0 Å². The van der Waals surface area contributed by atoms with Crippen LogP contribution in [0.4, 0.5) is 0 Å². The minimum absolute atomic E-state index is 0.106. The lowest BCUT2D eigenvalue weighted by molar-refractivity contribution is -0.141. The third kappa shape index (κ3) is 6.61. The molecule has 1 unspecified atom stereocenters. The Hall–Kier alpha value is -2.88. The zero-order valence-electron chi connectivity index (χ0n) is 13.1. The fourth-order valence-electron chi connectivity index (χ4n) is 1.85. The van der Waals surface area contributed by atoms with Crippen molar-refractivity contribution < 1.29 is 14.7 Å². The fourth-order valence-corrected chi connectivity index (χ4v) is 1.85. The second kappa shape index (κ2) is 9.20. The largest absolute Gasteiger partial charge is 0.480 e. The molecule has 1 heterocycles. The molecule has 1 rings (SSSR count). The van der Waals surface area contributed by atoms with E-state index in [0.29, 0.717) is 13.0 Å². The Labute approximate surface area is 135 Å². The van der Waals surface area contributed by atoms with E-state index in [9.17, 15) is 9.59 Å². The lowest BCUT2D eigenvalue weighted by atomic mass is 10.0. The average molecular weight is 316 g/mol. The van der Waals surface area contributed by atoms with Crippen LogP contribution in [0, 0.1) is 17.2 Å². The fraction of sp³-hybridized carbons (Fsp3) is 0.375. The maximum absolute atomic E-state index is 12.0. The van der Waals surface area contributed by atoms with E-state index in [-0.39, 0.29) is 11.5 Å². The first-order valence-corrected chi connectivity index (χ1v) is 7.20. The van der Waals surface area contributed by atoms with Gasteiger partial charge in [-0.15, -0.1) is 0 Å². The van der Waals surface area contributed by atoms with Crippen LogP contribution in [0.3, 0.4) is 0 Å². The van der Waals surface area contributed by atoms with Crippen molar-refractivity contribution in [1.29, 1.82) is 5.26 Å². The van der Waals surface area contributed by atoms with E-state index in [1.165, 1.54) is 6.20 Å². The minimum Gasteiger partial charge on any atom is -0.480 e. The standard InChI is InChI=1S/C16H20N4O3/c1-11(2)6-14(16(22)23)20-15(21)13(7-17)10-19-9-12-4-3-5-18-8-12/h3-5,8,10-11,14,19H,6,9H2,1-2H3,(H,20,21)(H,22,23)/b13-10-. The Kier molecular flexibility index (Phi) is 7.27. The molecule has 0 aliphatic rings. The summed E-state index contributed by atoms with van der Waals surface area (Å²) in [4.78, 5) is 27.1. The molecular weight excluding hydrogens is 296 g/mol. The zero-order chi connectivity index (χ0) is 17.2. The number of carboxylic acids is 1. The van der Waals surface area contributed by atoms with E-state index in [0.717, 1.165) is 5.56 Å². The molecule has 7 heteroatoms. The Bertz CT molecular complexity index is 606. The van der Waals surface area contributed by atoms with E-state index in [2.05, 4.69) is 15.6 Å². The SMILES string of the molecule is CC(C)CC(NC(=O)/C(C#N)=C\NCc1cccnc1)C(=O)O. The van der Waals surface area contributed by atoms with Gasteiger partial charge < -0.3 is 15.7 Å². The first-order valence-electron chi connectivity index (χ1n) is 7.20. The molecule has 0 saturated carbocycles. The second-order valence-corrected chi connectivity index (χ2v) is 5.41. The summed E-state index contributed by atoms with van der Waals surface area (Å²) < 4.78 is 0. The third-order valence-corrected chi connectivity index (χ3v) is 2.95. The Morgan fingerprint density at radius 3 is 2.74 bits per heavy atom. The van der Waals surface area contributed by atoms with E-state index in [4.69, 9.17) is 10.4 Å². The number of hydrogen-bond donors (Lipinski definition) is 3.